The maximum atomic E-state index is 11.5. The van der Waals surface area contributed by atoms with Crippen LogP contribution in [0.4, 0.5) is 0 Å². The van der Waals surface area contributed by atoms with E-state index in [-0.39, 0.29) is 6.42 Å². The van der Waals surface area contributed by atoms with E-state index in [1.54, 1.807) is 19.3 Å². The summed E-state index contributed by atoms with van der Waals surface area (Å²) in [7, 11) is -3.34. The highest BCUT2D eigenvalue weighted by Crippen LogP contribution is 2.21. The van der Waals surface area contributed by atoms with Crippen LogP contribution in [0, 0.1) is 0 Å². The summed E-state index contributed by atoms with van der Waals surface area (Å²) < 4.78 is 25.5. The van der Waals surface area contributed by atoms with Crippen molar-refractivity contribution in [2.45, 2.75) is 32.2 Å². The van der Waals surface area contributed by atoms with Gasteiger partial charge < -0.3 is 5.11 Å². The number of nitrogens with zero attached hydrogens (tertiary/aromatic N) is 1. The molecule has 0 saturated heterocycles. The first kappa shape index (κ1) is 19.1. The summed E-state index contributed by atoms with van der Waals surface area (Å²) in [5.74, 6) is -0.860. The van der Waals surface area contributed by atoms with E-state index in [0.717, 1.165) is 28.5 Å². The molecular weight excluding hydrogens is 340 g/mol. The molecule has 0 aliphatic rings. The van der Waals surface area contributed by atoms with Crippen molar-refractivity contribution in [3.8, 4) is 0 Å². The fraction of sp³-hybridized carbons (Fsp3) is 0.333. The Kier molecular flexibility index (Phi) is 6.27. The smallest absolute Gasteiger partial charge is 0.303 e. The van der Waals surface area contributed by atoms with Gasteiger partial charge in [0.1, 0.15) is 0 Å². The fourth-order valence-corrected chi connectivity index (χ4v) is 3.44. The number of hydrogen-bond donors (Lipinski definition) is 2. The number of nitrogens with one attached hydrogen (secondary N) is 1. The molecule has 0 bridgehead atoms. The SMILES string of the molecule is CC(NS(C)(=O)=O)c1cc(CCC(=O)O)cc(Cc2cccnc2)c1. The predicted octanol–water partition coefficient (Wildman–Crippen LogP) is 2.30. The van der Waals surface area contributed by atoms with Gasteiger partial charge >= 0.3 is 5.97 Å². The Morgan fingerprint density at radius 2 is 1.96 bits per heavy atom. The van der Waals surface area contributed by atoms with Gasteiger partial charge in [0.2, 0.25) is 10.0 Å². The van der Waals surface area contributed by atoms with Gasteiger partial charge in [-0.05, 0) is 48.1 Å². The Bertz CT molecular complexity index is 835. The van der Waals surface area contributed by atoms with Crippen LogP contribution >= 0.6 is 0 Å². The molecule has 2 rings (SSSR count). The second-order valence-electron chi connectivity index (χ2n) is 6.13. The van der Waals surface area contributed by atoms with E-state index in [9.17, 15) is 13.2 Å². The fourth-order valence-electron chi connectivity index (χ4n) is 2.67. The van der Waals surface area contributed by atoms with Crippen molar-refractivity contribution in [2.24, 2.45) is 0 Å². The first-order valence-corrected chi connectivity index (χ1v) is 9.83. The molecule has 0 radical (unpaired) electrons. The first-order chi connectivity index (χ1) is 11.7. The highest BCUT2D eigenvalue weighted by molar-refractivity contribution is 7.88. The largest absolute Gasteiger partial charge is 0.481 e. The minimum Gasteiger partial charge on any atom is -0.481 e. The van der Waals surface area contributed by atoms with E-state index in [1.165, 1.54) is 0 Å². The van der Waals surface area contributed by atoms with Gasteiger partial charge in [-0.1, -0.05) is 24.3 Å². The average Bonchev–Trinajstić information content (AvgIpc) is 2.52. The number of rotatable bonds is 8. The number of carboxylic acids is 1. The van der Waals surface area contributed by atoms with Gasteiger partial charge in [-0.2, -0.15) is 0 Å². The van der Waals surface area contributed by atoms with E-state index in [1.807, 2.05) is 30.3 Å². The van der Waals surface area contributed by atoms with Gasteiger partial charge in [-0.25, -0.2) is 13.1 Å². The molecule has 0 aliphatic heterocycles. The number of benzene rings is 1. The molecule has 0 fully saturated rings. The minimum atomic E-state index is -3.34. The monoisotopic (exact) mass is 362 g/mol. The zero-order valence-electron chi connectivity index (χ0n) is 14.3. The number of carbonyl (C=O) groups is 1. The molecular formula is C18H22N2O4S. The second kappa shape index (κ2) is 8.22. The molecule has 134 valence electrons. The van der Waals surface area contributed by atoms with Crippen LogP contribution in [0.25, 0.3) is 0 Å². The Balaban J connectivity index is 2.32. The highest BCUT2D eigenvalue weighted by atomic mass is 32.2. The summed E-state index contributed by atoms with van der Waals surface area (Å²) in [6.45, 7) is 1.77. The van der Waals surface area contributed by atoms with Crippen molar-refractivity contribution in [2.75, 3.05) is 6.26 Å². The summed E-state index contributed by atoms with van der Waals surface area (Å²) >= 11 is 0. The van der Waals surface area contributed by atoms with Crippen LogP contribution in [0.3, 0.4) is 0 Å². The summed E-state index contributed by atoms with van der Waals surface area (Å²) in [6.07, 6.45) is 5.68. The normalized spacial score (nSPS) is 12.7. The third-order valence-corrected chi connectivity index (χ3v) is 4.51. The molecule has 1 heterocycles. The number of aliphatic carboxylic acids is 1. The van der Waals surface area contributed by atoms with Crippen LogP contribution in [0.15, 0.2) is 42.7 Å². The van der Waals surface area contributed by atoms with Crippen LogP contribution in [-0.2, 0) is 27.7 Å². The molecule has 1 aromatic heterocycles. The lowest BCUT2D eigenvalue weighted by Gasteiger charge is -2.16. The maximum absolute atomic E-state index is 11.5. The number of aryl methyl sites for hydroxylation is 1. The van der Waals surface area contributed by atoms with Crippen molar-refractivity contribution in [3.05, 3.63) is 65.0 Å². The van der Waals surface area contributed by atoms with Gasteiger partial charge in [-0.15, -0.1) is 0 Å². The topological polar surface area (TPSA) is 96.4 Å². The first-order valence-electron chi connectivity index (χ1n) is 7.93. The van der Waals surface area contributed by atoms with E-state index in [4.69, 9.17) is 5.11 Å². The van der Waals surface area contributed by atoms with Crippen LogP contribution in [0.1, 0.15) is 41.6 Å². The molecule has 1 atom stereocenters. The average molecular weight is 362 g/mol. The van der Waals surface area contributed by atoms with Gasteiger partial charge in [0.15, 0.2) is 0 Å². The van der Waals surface area contributed by atoms with Crippen LogP contribution in [0.2, 0.25) is 0 Å². The lowest BCUT2D eigenvalue weighted by molar-refractivity contribution is -0.136. The Labute approximate surface area is 148 Å². The van der Waals surface area contributed by atoms with Crippen LogP contribution in [0.5, 0.6) is 0 Å². The third kappa shape index (κ3) is 6.64. The molecule has 0 aliphatic carbocycles. The number of hydrogen-bond acceptors (Lipinski definition) is 4. The van der Waals surface area contributed by atoms with Crippen molar-refractivity contribution in [1.82, 2.24) is 9.71 Å². The third-order valence-electron chi connectivity index (χ3n) is 3.72. The number of carboxylic acid groups (broad SMARTS) is 1. The summed E-state index contributed by atoms with van der Waals surface area (Å²) in [5, 5.41) is 8.91. The van der Waals surface area contributed by atoms with E-state index >= 15 is 0 Å². The molecule has 7 heteroatoms. The van der Waals surface area contributed by atoms with E-state index < -0.39 is 22.0 Å². The summed E-state index contributed by atoms with van der Waals surface area (Å²) in [5.41, 5.74) is 3.72. The van der Waals surface area contributed by atoms with Crippen molar-refractivity contribution >= 4 is 16.0 Å². The maximum Gasteiger partial charge on any atom is 0.303 e. The number of aromatic nitrogens is 1. The number of sulfonamides is 1. The van der Waals surface area contributed by atoms with Crippen molar-refractivity contribution in [3.63, 3.8) is 0 Å². The van der Waals surface area contributed by atoms with E-state index in [0.29, 0.717) is 12.8 Å². The minimum absolute atomic E-state index is 0.0314. The lowest BCUT2D eigenvalue weighted by Crippen LogP contribution is -2.25. The Morgan fingerprint density at radius 1 is 1.24 bits per heavy atom. The highest BCUT2D eigenvalue weighted by Gasteiger charge is 2.13. The molecule has 1 unspecified atom stereocenters. The standard InChI is InChI=1S/C18H22N2O4S/c1-13(20-25(2,23)24)17-10-14(5-6-18(21)22)8-16(11-17)9-15-4-3-7-19-12-15/h3-4,7-8,10-13,20H,5-6,9H2,1-2H3,(H,21,22). The van der Waals surface area contributed by atoms with Gasteiger partial charge in [0.25, 0.3) is 0 Å². The van der Waals surface area contributed by atoms with Gasteiger partial charge in [0, 0.05) is 24.9 Å². The Morgan fingerprint density at radius 3 is 2.56 bits per heavy atom. The van der Waals surface area contributed by atoms with Crippen LogP contribution in [-0.4, -0.2) is 30.7 Å². The molecule has 2 N–H and O–H groups in total. The zero-order chi connectivity index (χ0) is 18.4. The zero-order valence-corrected chi connectivity index (χ0v) is 15.1. The molecule has 0 spiro atoms. The molecule has 0 amide bonds. The lowest BCUT2D eigenvalue weighted by atomic mass is 9.96. The molecule has 0 saturated carbocycles. The number of pyridine rings is 1. The second-order valence-corrected chi connectivity index (χ2v) is 7.91. The molecule has 1 aromatic carbocycles. The predicted molar refractivity (Wildman–Crippen MR) is 95.8 cm³/mol. The van der Waals surface area contributed by atoms with Gasteiger partial charge in [-0.3, -0.25) is 9.78 Å². The molecule has 6 nitrogen and oxygen atoms in total. The van der Waals surface area contributed by atoms with Gasteiger partial charge in [0.05, 0.1) is 6.26 Å². The quantitative estimate of drug-likeness (QED) is 0.751. The summed E-state index contributed by atoms with van der Waals surface area (Å²) in [6, 6.07) is 9.20. The Hall–Kier alpha value is -2.25. The van der Waals surface area contributed by atoms with E-state index in [2.05, 4.69) is 9.71 Å². The van der Waals surface area contributed by atoms with Crippen molar-refractivity contribution in [1.29, 1.82) is 0 Å². The molecule has 25 heavy (non-hydrogen) atoms. The van der Waals surface area contributed by atoms with Crippen LogP contribution < -0.4 is 4.72 Å². The van der Waals surface area contributed by atoms with Crippen molar-refractivity contribution < 1.29 is 18.3 Å². The molecule has 2 aromatic rings. The summed E-state index contributed by atoms with van der Waals surface area (Å²) in [4.78, 5) is 15.0.